The van der Waals surface area contributed by atoms with Crippen LogP contribution in [0.3, 0.4) is 0 Å². The summed E-state index contributed by atoms with van der Waals surface area (Å²) >= 11 is 0. The summed E-state index contributed by atoms with van der Waals surface area (Å²) in [5.41, 5.74) is 0. The monoisotopic (exact) mass is 69.0 g/mol. The van der Waals surface area contributed by atoms with Gasteiger partial charge >= 0.3 is 1.43 Å². The van der Waals surface area contributed by atoms with Gasteiger partial charge in [-0.2, -0.15) is 0 Å². The highest BCUT2D eigenvalue weighted by molar-refractivity contribution is 1.83. The molecule has 4 heteroatoms. The van der Waals surface area contributed by atoms with Crippen molar-refractivity contribution in [1.29, 1.82) is 0 Å². The molecule has 0 aromatic rings. The number of hydrogen-bond donors (Lipinski definition) is 4. The van der Waals surface area contributed by atoms with Gasteiger partial charge in [-0.1, -0.05) is 0 Å². The molecule has 4 heavy (non-hydrogen) atoms. The molecular weight excluding hydrogens is 64.0 g/mol. The van der Waals surface area contributed by atoms with Crippen molar-refractivity contribution in [2.24, 2.45) is 0 Å². The van der Waals surface area contributed by atoms with Crippen molar-refractivity contribution >= 4 is 0 Å². The molecule has 0 saturated carbocycles. The predicted molar refractivity (Wildman–Crippen MR) is 11.6 cm³/mol. The van der Waals surface area contributed by atoms with Crippen LogP contribution in [0, 0.1) is 0 Å². The van der Waals surface area contributed by atoms with E-state index in [0.717, 1.165) is 0 Å². The van der Waals surface area contributed by atoms with Crippen molar-refractivity contribution in [3.8, 4) is 0 Å². The summed E-state index contributed by atoms with van der Waals surface area (Å²) in [6, 6.07) is 0. The molecule has 28 valence electrons. The fraction of sp³-hybridized carbons (Fsp3) is 0. The highest BCUT2D eigenvalue weighted by Gasteiger charge is 0.747. The molecule has 0 fully saturated rings. The summed E-state index contributed by atoms with van der Waals surface area (Å²) in [5, 5.41) is 24.0. The van der Waals surface area contributed by atoms with Crippen LogP contribution >= 0.6 is 0 Å². The van der Waals surface area contributed by atoms with Gasteiger partial charge < -0.3 is 0 Å². The van der Waals surface area contributed by atoms with Crippen molar-refractivity contribution in [2.75, 3.05) is 0 Å². The van der Waals surface area contributed by atoms with Gasteiger partial charge in [-0.25, -0.2) is 0 Å². The molecule has 0 heterocycles. The largest absolute Gasteiger partial charge is 1.00 e. The lowest BCUT2D eigenvalue weighted by molar-refractivity contribution is -0.176. The van der Waals surface area contributed by atoms with Crippen molar-refractivity contribution in [1.82, 2.24) is 0 Å². The molecule has 0 spiro atoms. The second-order valence-corrected chi connectivity index (χ2v) is 0. The third kappa shape index (κ3) is 50.7. The minimum absolute atomic E-state index is 0. The van der Waals surface area contributed by atoms with E-state index in [1.807, 2.05) is 0 Å². The predicted octanol–water partition coefficient (Wildman–Crippen LogP) is 0.147. The molecule has 0 aliphatic heterocycles. The van der Waals surface area contributed by atoms with Crippen molar-refractivity contribution in [3.63, 3.8) is 0 Å². The van der Waals surface area contributed by atoms with Gasteiger partial charge in [-0.15, -0.1) is 0 Å². The molecule has 0 aromatic carbocycles. The van der Waals surface area contributed by atoms with Crippen LogP contribution in [0.15, 0.2) is 0 Å². The lowest BCUT2D eigenvalue weighted by Gasteiger charge is -1.25. The van der Waals surface area contributed by atoms with Gasteiger partial charge in [0.2, 0.25) is 0 Å². The molecule has 0 aliphatic rings. The Morgan fingerprint density at radius 3 is 0.750 bits per heavy atom. The van der Waals surface area contributed by atoms with E-state index in [4.69, 9.17) is 21.0 Å². The fourth-order valence-corrected chi connectivity index (χ4v) is 0. The van der Waals surface area contributed by atoms with E-state index >= 15 is 0 Å². The van der Waals surface area contributed by atoms with Gasteiger partial charge in [-0.05, 0) is 0 Å². The van der Waals surface area contributed by atoms with Crippen LogP contribution in [0.2, 0.25) is 0 Å². The average molecular weight is 69.0 g/mol. The average Bonchev–Trinajstić information content (AvgIpc) is 1.50. The quantitative estimate of drug-likeness (QED) is 0.241. The minimum Gasteiger partial charge on any atom is -0.255 e. The van der Waals surface area contributed by atoms with Crippen LogP contribution in [0.5, 0.6) is 0 Å². The summed E-state index contributed by atoms with van der Waals surface area (Å²) in [6.45, 7) is 0. The third-order valence-corrected chi connectivity index (χ3v) is 0. The number of rotatable bonds is 0. The van der Waals surface area contributed by atoms with Crippen LogP contribution in [0.1, 0.15) is 1.43 Å². The normalized spacial score (nSPS) is 3.00. The van der Waals surface area contributed by atoms with Gasteiger partial charge in [0.1, 0.15) is 0 Å². The lowest BCUT2D eigenvalue weighted by Crippen LogP contribution is -1.29. The third-order valence-electron chi connectivity index (χ3n) is 0. The fourth-order valence-electron chi connectivity index (χ4n) is 0. The Labute approximate surface area is 23.9 Å². The van der Waals surface area contributed by atoms with Gasteiger partial charge in [0.25, 0.3) is 0 Å². The standard InChI is InChI=1S/2H2O2/c2*1-2/h2*1-2H/p+1. The van der Waals surface area contributed by atoms with Crippen molar-refractivity contribution < 1.29 is 22.5 Å². The second-order valence-electron chi connectivity index (χ2n) is 0. The van der Waals surface area contributed by atoms with Gasteiger partial charge in [0.15, 0.2) is 0 Å². The molecule has 4 N–H and O–H groups in total. The molecule has 0 aliphatic carbocycles. The summed E-state index contributed by atoms with van der Waals surface area (Å²) in [7, 11) is 0. The zero-order valence-corrected chi connectivity index (χ0v) is 1.79. The Hall–Kier alpha value is -0.160. The Balaban J connectivity index is -0.0000000133. The Morgan fingerprint density at radius 2 is 0.750 bits per heavy atom. The van der Waals surface area contributed by atoms with E-state index < -0.39 is 0 Å². The SMILES string of the molecule is OO.OO.[H+]. The summed E-state index contributed by atoms with van der Waals surface area (Å²) < 4.78 is 0. The van der Waals surface area contributed by atoms with Crippen molar-refractivity contribution in [3.05, 3.63) is 0 Å². The smallest absolute Gasteiger partial charge is 0.255 e. The zero-order chi connectivity index (χ0) is 4.00. The molecule has 0 rings (SSSR count). The summed E-state index contributed by atoms with van der Waals surface area (Å²) in [6.07, 6.45) is 0. The molecule has 0 bridgehead atoms. The molecule has 4 nitrogen and oxygen atoms in total. The van der Waals surface area contributed by atoms with Crippen LogP contribution in [-0.4, -0.2) is 21.0 Å². The van der Waals surface area contributed by atoms with Crippen LogP contribution < -0.4 is 0 Å². The summed E-state index contributed by atoms with van der Waals surface area (Å²) in [4.78, 5) is 0. The molecule has 0 unspecified atom stereocenters. The summed E-state index contributed by atoms with van der Waals surface area (Å²) in [5.74, 6) is 0. The maximum atomic E-state index is 6.00. The van der Waals surface area contributed by atoms with Crippen LogP contribution in [-0.2, 0) is 0 Å². The van der Waals surface area contributed by atoms with E-state index in [2.05, 4.69) is 0 Å². The first-order valence-corrected chi connectivity index (χ1v) is 0.400. The van der Waals surface area contributed by atoms with Gasteiger partial charge in [-0.3, -0.25) is 21.0 Å². The maximum Gasteiger partial charge on any atom is 1.00 e. The van der Waals surface area contributed by atoms with Crippen LogP contribution in [0.4, 0.5) is 0 Å². The number of hydrogen-bond acceptors (Lipinski definition) is 4. The van der Waals surface area contributed by atoms with Gasteiger partial charge in [0.05, 0.1) is 0 Å². The molecule has 0 amide bonds. The van der Waals surface area contributed by atoms with E-state index in [1.54, 1.807) is 0 Å². The Morgan fingerprint density at radius 1 is 0.750 bits per heavy atom. The van der Waals surface area contributed by atoms with Gasteiger partial charge in [0, 0.05) is 0 Å². The topological polar surface area (TPSA) is 80.9 Å². The zero-order valence-electron chi connectivity index (χ0n) is 2.79. The van der Waals surface area contributed by atoms with Crippen LogP contribution in [0.25, 0.3) is 0 Å². The molecule has 0 atom stereocenters. The maximum absolute atomic E-state index is 6.00. The molecule has 0 aromatic heterocycles. The van der Waals surface area contributed by atoms with E-state index in [0.29, 0.717) is 0 Å². The first kappa shape index (κ1) is 9.15. The molecule has 0 saturated heterocycles. The van der Waals surface area contributed by atoms with E-state index in [-0.39, 0.29) is 1.43 Å². The highest BCUT2D eigenvalue weighted by Crippen LogP contribution is 0.713. The van der Waals surface area contributed by atoms with E-state index in [9.17, 15) is 0 Å². The minimum atomic E-state index is 0. The molecular formula is H5O4+. The Kier molecular flexibility index (Phi) is 859. The first-order valence-electron chi connectivity index (χ1n) is 0.400. The second kappa shape index (κ2) is 376. The lowest BCUT2D eigenvalue weighted by atomic mass is 15.0. The highest BCUT2D eigenvalue weighted by atomic mass is 17.0. The Bertz CT molecular complexity index is 3.61. The van der Waals surface area contributed by atoms with Crippen molar-refractivity contribution in [2.45, 2.75) is 0 Å². The molecule has 0 radical (unpaired) electrons. The first-order chi connectivity index (χ1) is 2.00. The van der Waals surface area contributed by atoms with E-state index in [1.165, 1.54) is 0 Å².